The summed E-state index contributed by atoms with van der Waals surface area (Å²) in [4.78, 5) is 32.2. The van der Waals surface area contributed by atoms with Crippen molar-refractivity contribution in [3.63, 3.8) is 0 Å². The van der Waals surface area contributed by atoms with Gasteiger partial charge in [-0.25, -0.2) is 8.78 Å². The van der Waals surface area contributed by atoms with Gasteiger partial charge in [-0.1, -0.05) is 30.3 Å². The second-order valence-electron chi connectivity index (χ2n) is 14.4. The van der Waals surface area contributed by atoms with Crippen molar-refractivity contribution in [1.82, 2.24) is 19.9 Å². The van der Waals surface area contributed by atoms with E-state index in [0.717, 1.165) is 51.6 Å². The van der Waals surface area contributed by atoms with E-state index in [1.165, 1.54) is 6.07 Å². The minimum atomic E-state index is -0.665. The van der Waals surface area contributed by atoms with Crippen LogP contribution in [0.15, 0.2) is 66.9 Å². The number of anilines is 1. The van der Waals surface area contributed by atoms with Crippen LogP contribution in [-0.2, 0) is 4.79 Å². The molecule has 3 atom stereocenters. The zero-order valence-corrected chi connectivity index (χ0v) is 28.0. The molecule has 4 aliphatic rings. The number of aromatic nitrogens is 3. The maximum absolute atomic E-state index is 16.8. The van der Waals surface area contributed by atoms with Crippen molar-refractivity contribution in [3.05, 3.63) is 84.1 Å². The summed E-state index contributed by atoms with van der Waals surface area (Å²) in [6.07, 6.45) is 7.59. The maximum Gasteiger partial charge on any atom is 0.319 e. The average Bonchev–Trinajstić information content (AvgIpc) is 3.81. The van der Waals surface area contributed by atoms with Gasteiger partial charge in [0.1, 0.15) is 35.2 Å². The van der Waals surface area contributed by atoms with Crippen LogP contribution in [0.1, 0.15) is 44.1 Å². The fourth-order valence-corrected chi connectivity index (χ4v) is 9.23. The molecular formula is C40H36F2N6O3. The number of fused-ring (bicyclic) bond motifs is 5. The zero-order chi connectivity index (χ0) is 34.7. The molecule has 1 unspecified atom stereocenters. The van der Waals surface area contributed by atoms with Gasteiger partial charge in [0.05, 0.1) is 28.5 Å². The van der Waals surface area contributed by atoms with Crippen molar-refractivity contribution < 1.29 is 23.0 Å². The lowest BCUT2D eigenvalue weighted by molar-refractivity contribution is -0.142. The molecule has 1 saturated carbocycles. The van der Waals surface area contributed by atoms with Crippen molar-refractivity contribution in [2.24, 2.45) is 17.8 Å². The molecule has 2 aromatic heterocycles. The Balaban J connectivity index is 1.07. The number of nitriles is 1. The average molecular weight is 687 g/mol. The first-order valence-electron chi connectivity index (χ1n) is 17.8. The molecule has 51 heavy (non-hydrogen) atoms. The third-order valence-corrected chi connectivity index (χ3v) is 11.6. The monoisotopic (exact) mass is 686 g/mol. The number of benzene rings is 3. The van der Waals surface area contributed by atoms with Crippen LogP contribution in [0.25, 0.3) is 32.9 Å². The van der Waals surface area contributed by atoms with Crippen molar-refractivity contribution in [3.8, 4) is 29.1 Å². The van der Waals surface area contributed by atoms with Crippen molar-refractivity contribution in [2.45, 2.75) is 44.1 Å². The van der Waals surface area contributed by atoms with Gasteiger partial charge in [-0.2, -0.15) is 15.2 Å². The molecular weight excluding hydrogens is 650 g/mol. The summed E-state index contributed by atoms with van der Waals surface area (Å²) in [7, 11) is 0. The highest BCUT2D eigenvalue weighted by Gasteiger charge is 2.48. The molecule has 0 radical (unpaired) electrons. The van der Waals surface area contributed by atoms with E-state index in [1.54, 1.807) is 60.8 Å². The van der Waals surface area contributed by atoms with Gasteiger partial charge in [0.2, 0.25) is 0 Å². The number of carbonyl (C=O) groups excluding carboxylic acids is 1. The minimum absolute atomic E-state index is 0.00387. The van der Waals surface area contributed by atoms with Crippen LogP contribution in [0.3, 0.4) is 0 Å². The number of nitrogens with zero attached hydrogens (tertiary/aromatic N) is 6. The Morgan fingerprint density at radius 2 is 1.69 bits per heavy atom. The van der Waals surface area contributed by atoms with Crippen LogP contribution in [0.4, 0.5) is 14.6 Å². The third kappa shape index (κ3) is 5.44. The lowest BCUT2D eigenvalue weighted by atomic mass is 9.85. The summed E-state index contributed by atoms with van der Waals surface area (Å²) in [5, 5.41) is 10.5. The molecule has 9 nitrogen and oxygen atoms in total. The lowest BCUT2D eigenvalue weighted by Crippen LogP contribution is -2.46. The Hall–Kier alpha value is -5.21. The molecule has 3 aliphatic heterocycles. The van der Waals surface area contributed by atoms with Gasteiger partial charge in [-0.05, 0) is 99.2 Å². The number of halogens is 2. The molecule has 3 saturated heterocycles. The van der Waals surface area contributed by atoms with Gasteiger partial charge in [-0.15, -0.1) is 0 Å². The van der Waals surface area contributed by atoms with Crippen LogP contribution in [0, 0.1) is 40.7 Å². The highest BCUT2D eigenvalue weighted by Crippen LogP contribution is 2.46. The lowest BCUT2D eigenvalue weighted by Gasteiger charge is -2.38. The third-order valence-electron chi connectivity index (χ3n) is 11.6. The van der Waals surface area contributed by atoms with Gasteiger partial charge in [-0.3, -0.25) is 14.7 Å². The molecule has 4 fully saturated rings. The molecule has 11 heteroatoms. The fourth-order valence-electron chi connectivity index (χ4n) is 9.23. The summed E-state index contributed by atoms with van der Waals surface area (Å²) in [6.45, 7) is 3.55. The SMILES string of the molecule is N#Cc1ccc(OC(=O)C2[C@@H]3CC[C@H]2CN(c2nc(OCC45CCCN4CCC5)nc4c(F)c(-c5cccc6cccc(F)c56)ncc24)C3)cc1. The zero-order valence-electron chi connectivity index (χ0n) is 28.0. The fraction of sp³-hybridized carbons (Fsp3) is 0.375. The van der Waals surface area contributed by atoms with E-state index >= 15 is 8.78 Å². The summed E-state index contributed by atoms with van der Waals surface area (Å²) in [5.74, 6) is -0.756. The van der Waals surface area contributed by atoms with E-state index in [-0.39, 0.29) is 46.5 Å². The largest absolute Gasteiger partial charge is 0.461 e. The number of hydrogen-bond acceptors (Lipinski definition) is 9. The highest BCUT2D eigenvalue weighted by atomic mass is 19.1. The second-order valence-corrected chi connectivity index (χ2v) is 14.4. The first-order chi connectivity index (χ1) is 24.9. The van der Waals surface area contributed by atoms with Crippen molar-refractivity contribution >= 4 is 33.5 Å². The van der Waals surface area contributed by atoms with E-state index in [1.807, 2.05) is 0 Å². The van der Waals surface area contributed by atoms with Crippen LogP contribution in [0.2, 0.25) is 0 Å². The Morgan fingerprint density at radius 1 is 0.961 bits per heavy atom. The summed E-state index contributed by atoms with van der Waals surface area (Å²) in [5.41, 5.74) is 0.853. The molecule has 2 bridgehead atoms. The molecule has 3 aromatic carbocycles. The molecule has 0 spiro atoms. The number of pyridine rings is 1. The smallest absolute Gasteiger partial charge is 0.319 e. The Bertz CT molecular complexity index is 2190. The Morgan fingerprint density at radius 3 is 2.41 bits per heavy atom. The second kappa shape index (κ2) is 12.5. The van der Waals surface area contributed by atoms with Gasteiger partial charge >= 0.3 is 12.0 Å². The number of carbonyl (C=O) groups is 1. The summed E-state index contributed by atoms with van der Waals surface area (Å²) >= 11 is 0. The summed E-state index contributed by atoms with van der Waals surface area (Å²) in [6, 6.07) is 18.7. The number of esters is 1. The van der Waals surface area contributed by atoms with E-state index in [4.69, 9.17) is 19.7 Å². The topological polar surface area (TPSA) is 104 Å². The van der Waals surface area contributed by atoms with Crippen LogP contribution in [0.5, 0.6) is 11.8 Å². The van der Waals surface area contributed by atoms with Gasteiger partial charge in [0.25, 0.3) is 0 Å². The molecule has 0 N–H and O–H groups in total. The standard InChI is InChI=1S/C40H36F2N6O3/c41-31-8-2-6-25-5-1-7-29(33(25)31)35-34(42)36-30(20-44-35)37(46-39(45-36)50-23-40-15-3-17-48(40)18-4-16-40)47-21-26-11-12-27(22-47)32(26)38(49)51-28-13-9-24(19-43)10-14-28/h1-2,5-10,13-14,20,26-27,32H,3-4,11-12,15-18,21-23H2/t26-,27+,32?. The van der Waals surface area contributed by atoms with Gasteiger partial charge in [0, 0.05) is 30.2 Å². The number of rotatable bonds is 7. The Labute approximate surface area is 293 Å². The minimum Gasteiger partial charge on any atom is -0.461 e. The number of hydrogen-bond donors (Lipinski definition) is 0. The van der Waals surface area contributed by atoms with Gasteiger partial charge < -0.3 is 14.4 Å². The molecule has 5 heterocycles. The Kier molecular flexibility index (Phi) is 7.80. The molecule has 258 valence electrons. The van der Waals surface area contributed by atoms with E-state index in [9.17, 15) is 4.79 Å². The number of piperidine rings is 1. The van der Waals surface area contributed by atoms with Crippen molar-refractivity contribution in [1.29, 1.82) is 5.26 Å². The maximum atomic E-state index is 16.8. The van der Waals surface area contributed by atoms with Crippen LogP contribution < -0.4 is 14.4 Å². The summed E-state index contributed by atoms with van der Waals surface area (Å²) < 4.78 is 44.2. The van der Waals surface area contributed by atoms with Crippen molar-refractivity contribution in [2.75, 3.05) is 37.7 Å². The first-order valence-corrected chi connectivity index (χ1v) is 17.8. The van der Waals surface area contributed by atoms with Crippen LogP contribution in [-0.4, -0.2) is 64.1 Å². The molecule has 5 aromatic rings. The molecule has 9 rings (SSSR count). The highest BCUT2D eigenvalue weighted by molar-refractivity contribution is 5.99. The van der Waals surface area contributed by atoms with E-state index in [2.05, 4.69) is 25.8 Å². The van der Waals surface area contributed by atoms with Gasteiger partial charge in [0.15, 0.2) is 5.82 Å². The number of ether oxygens (including phenoxy) is 2. The predicted octanol–water partition coefficient (Wildman–Crippen LogP) is 7.07. The quantitative estimate of drug-likeness (QED) is 0.131. The van der Waals surface area contributed by atoms with E-state index in [0.29, 0.717) is 58.5 Å². The normalized spacial score (nSPS) is 22.3. The molecule has 0 amide bonds. The van der Waals surface area contributed by atoms with E-state index < -0.39 is 11.6 Å². The predicted molar refractivity (Wildman–Crippen MR) is 187 cm³/mol. The molecule has 1 aliphatic carbocycles. The van der Waals surface area contributed by atoms with Crippen LogP contribution >= 0.6 is 0 Å². The first kappa shape index (κ1) is 31.7.